The molecular formula is C10H11ClF5NO2. The summed E-state index contributed by atoms with van der Waals surface area (Å²) in [5.74, 6) is -5.82. The number of nitrogens with two attached hydrogens (primary N) is 1. The van der Waals surface area contributed by atoms with E-state index in [1.807, 2.05) is 0 Å². The number of phenolic OH excluding ortho intramolecular Hbond substituents is 1. The Morgan fingerprint density at radius 3 is 2.11 bits per heavy atom. The van der Waals surface area contributed by atoms with E-state index in [-0.39, 0.29) is 18.2 Å². The Bertz CT molecular complexity index is 438. The van der Waals surface area contributed by atoms with Gasteiger partial charge in [0.05, 0.1) is 7.11 Å². The van der Waals surface area contributed by atoms with E-state index in [2.05, 4.69) is 4.74 Å². The molecule has 1 aromatic rings. The molecular weight excluding hydrogens is 297 g/mol. The van der Waals surface area contributed by atoms with Crippen LogP contribution < -0.4 is 10.5 Å². The number of benzene rings is 1. The summed E-state index contributed by atoms with van der Waals surface area (Å²) in [5.41, 5.74) is 4.17. The topological polar surface area (TPSA) is 55.5 Å². The number of hydrogen-bond donors (Lipinski definition) is 2. The zero-order valence-corrected chi connectivity index (χ0v) is 10.4. The summed E-state index contributed by atoms with van der Waals surface area (Å²) in [6.07, 6.45) is -5.79. The van der Waals surface area contributed by atoms with Crippen molar-refractivity contribution in [3.05, 3.63) is 23.8 Å². The van der Waals surface area contributed by atoms with Gasteiger partial charge in [0.1, 0.15) is 17.5 Å². The first-order chi connectivity index (χ1) is 8.11. The highest BCUT2D eigenvalue weighted by atomic mass is 35.5. The first-order valence-electron chi connectivity index (χ1n) is 4.68. The number of ether oxygens (including phenoxy) is 1. The molecule has 0 radical (unpaired) electrons. The van der Waals surface area contributed by atoms with Crippen LogP contribution in [0.4, 0.5) is 22.0 Å². The van der Waals surface area contributed by atoms with Gasteiger partial charge in [-0.05, 0) is 12.1 Å². The molecule has 3 N–H and O–H groups in total. The maximum absolute atomic E-state index is 13.0. The fraction of sp³-hybridized carbons (Fsp3) is 0.400. The van der Waals surface area contributed by atoms with Crippen LogP contribution in [-0.4, -0.2) is 24.3 Å². The summed E-state index contributed by atoms with van der Waals surface area (Å²) < 4.78 is 67.0. The summed E-state index contributed by atoms with van der Waals surface area (Å²) in [6.45, 7) is 0. The molecule has 3 nitrogen and oxygen atoms in total. The molecule has 0 heterocycles. The van der Waals surface area contributed by atoms with Crippen molar-refractivity contribution < 1.29 is 31.8 Å². The van der Waals surface area contributed by atoms with Gasteiger partial charge in [-0.15, -0.1) is 12.4 Å². The van der Waals surface area contributed by atoms with Crippen molar-refractivity contribution in [1.82, 2.24) is 0 Å². The highest BCUT2D eigenvalue weighted by Crippen LogP contribution is 2.45. The van der Waals surface area contributed by atoms with E-state index in [1.165, 1.54) is 7.11 Å². The van der Waals surface area contributed by atoms with Gasteiger partial charge in [-0.2, -0.15) is 22.0 Å². The molecule has 0 amide bonds. The maximum atomic E-state index is 13.0. The molecule has 0 fully saturated rings. The second-order valence-electron chi connectivity index (χ2n) is 3.52. The molecule has 19 heavy (non-hydrogen) atoms. The van der Waals surface area contributed by atoms with Crippen molar-refractivity contribution in [1.29, 1.82) is 0 Å². The molecule has 0 spiro atoms. The molecule has 0 bridgehead atoms. The van der Waals surface area contributed by atoms with Gasteiger partial charge in [0.15, 0.2) is 0 Å². The SMILES string of the molecule is COc1ccc([C@@H](N)C(F)(F)C(F)(F)F)c(O)c1.Cl. The van der Waals surface area contributed by atoms with E-state index in [1.54, 1.807) is 0 Å². The third-order valence-corrected chi connectivity index (χ3v) is 2.34. The van der Waals surface area contributed by atoms with Gasteiger partial charge in [-0.3, -0.25) is 0 Å². The zero-order valence-electron chi connectivity index (χ0n) is 9.54. The Balaban J connectivity index is 0.00000324. The second-order valence-corrected chi connectivity index (χ2v) is 3.52. The van der Waals surface area contributed by atoms with Gasteiger partial charge in [-0.1, -0.05) is 0 Å². The van der Waals surface area contributed by atoms with Crippen LogP contribution in [0.2, 0.25) is 0 Å². The van der Waals surface area contributed by atoms with Crippen molar-refractivity contribution in [2.75, 3.05) is 7.11 Å². The zero-order chi connectivity index (χ0) is 14.1. The minimum atomic E-state index is -5.79. The Labute approximate surface area is 111 Å². The van der Waals surface area contributed by atoms with E-state index >= 15 is 0 Å². The fourth-order valence-electron chi connectivity index (χ4n) is 1.29. The minimum Gasteiger partial charge on any atom is -0.507 e. The average Bonchev–Trinajstić information content (AvgIpc) is 2.26. The monoisotopic (exact) mass is 307 g/mol. The van der Waals surface area contributed by atoms with Crippen LogP contribution in [0.5, 0.6) is 11.5 Å². The largest absolute Gasteiger partial charge is 0.507 e. The van der Waals surface area contributed by atoms with Crippen LogP contribution in [0.15, 0.2) is 18.2 Å². The van der Waals surface area contributed by atoms with Crippen LogP contribution in [0.3, 0.4) is 0 Å². The molecule has 0 unspecified atom stereocenters. The van der Waals surface area contributed by atoms with E-state index in [0.29, 0.717) is 0 Å². The first kappa shape index (κ1) is 17.7. The Morgan fingerprint density at radius 1 is 1.21 bits per heavy atom. The summed E-state index contributed by atoms with van der Waals surface area (Å²) in [4.78, 5) is 0. The number of aromatic hydroxyl groups is 1. The Hall–Kier alpha value is -1.28. The van der Waals surface area contributed by atoms with Crippen molar-refractivity contribution in [2.45, 2.75) is 18.1 Å². The summed E-state index contributed by atoms with van der Waals surface area (Å²) in [7, 11) is 1.25. The lowest BCUT2D eigenvalue weighted by atomic mass is 10.00. The van der Waals surface area contributed by atoms with Crippen LogP contribution in [-0.2, 0) is 0 Å². The number of hydrogen-bond acceptors (Lipinski definition) is 3. The first-order valence-corrected chi connectivity index (χ1v) is 4.68. The van der Waals surface area contributed by atoms with E-state index < -0.39 is 29.5 Å². The molecule has 0 aromatic heterocycles. The standard InChI is InChI=1S/C10H10F5NO2.ClH/c1-18-5-2-3-6(7(17)4-5)8(16)9(11,12)10(13,14)15;/h2-4,8,17H,16H2,1H3;1H/t8-;/m1./s1. The van der Waals surface area contributed by atoms with Gasteiger partial charge < -0.3 is 15.6 Å². The minimum absolute atomic E-state index is 0. The lowest BCUT2D eigenvalue weighted by Crippen LogP contribution is -2.45. The van der Waals surface area contributed by atoms with Gasteiger partial charge in [0, 0.05) is 11.6 Å². The maximum Gasteiger partial charge on any atom is 0.455 e. The number of alkyl halides is 5. The van der Waals surface area contributed by atoms with Crippen molar-refractivity contribution in [2.24, 2.45) is 5.73 Å². The lowest BCUT2D eigenvalue weighted by molar-refractivity contribution is -0.291. The smallest absolute Gasteiger partial charge is 0.455 e. The Morgan fingerprint density at radius 2 is 1.74 bits per heavy atom. The van der Waals surface area contributed by atoms with Crippen LogP contribution in [0.1, 0.15) is 11.6 Å². The van der Waals surface area contributed by atoms with E-state index in [9.17, 15) is 27.1 Å². The van der Waals surface area contributed by atoms with Crippen molar-refractivity contribution in [3.8, 4) is 11.5 Å². The summed E-state index contributed by atoms with van der Waals surface area (Å²) >= 11 is 0. The van der Waals surface area contributed by atoms with Crippen molar-refractivity contribution in [3.63, 3.8) is 0 Å². The highest BCUT2D eigenvalue weighted by Gasteiger charge is 2.62. The normalized spacial score (nSPS) is 13.6. The van der Waals surface area contributed by atoms with Crippen LogP contribution >= 0.6 is 12.4 Å². The van der Waals surface area contributed by atoms with Crippen molar-refractivity contribution >= 4 is 12.4 Å². The van der Waals surface area contributed by atoms with Gasteiger partial charge in [0.2, 0.25) is 0 Å². The highest BCUT2D eigenvalue weighted by molar-refractivity contribution is 5.85. The number of phenols is 1. The third-order valence-electron chi connectivity index (χ3n) is 2.34. The van der Waals surface area contributed by atoms with Gasteiger partial charge >= 0.3 is 12.1 Å². The molecule has 9 heteroatoms. The fourth-order valence-corrected chi connectivity index (χ4v) is 1.29. The number of halogens is 6. The predicted octanol–water partition coefficient (Wildman–Crippen LogP) is 3.02. The van der Waals surface area contributed by atoms with Gasteiger partial charge in [-0.25, -0.2) is 0 Å². The predicted molar refractivity (Wildman–Crippen MR) is 59.8 cm³/mol. The summed E-state index contributed by atoms with van der Waals surface area (Å²) in [5, 5.41) is 9.36. The number of methoxy groups -OCH3 is 1. The molecule has 1 rings (SSSR count). The molecule has 0 saturated heterocycles. The Kier molecular flexibility index (Phi) is 5.40. The second kappa shape index (κ2) is 5.79. The average molecular weight is 308 g/mol. The van der Waals surface area contributed by atoms with E-state index in [4.69, 9.17) is 5.73 Å². The quantitative estimate of drug-likeness (QED) is 0.844. The summed E-state index contributed by atoms with van der Waals surface area (Å²) in [6, 6.07) is 0.199. The van der Waals surface area contributed by atoms with E-state index in [0.717, 1.165) is 18.2 Å². The molecule has 110 valence electrons. The van der Waals surface area contributed by atoms with Crippen LogP contribution in [0, 0.1) is 0 Å². The molecule has 0 aliphatic heterocycles. The molecule has 0 saturated carbocycles. The number of rotatable bonds is 3. The molecule has 1 aromatic carbocycles. The molecule has 1 atom stereocenters. The third kappa shape index (κ3) is 3.38. The molecule has 0 aliphatic carbocycles. The lowest BCUT2D eigenvalue weighted by Gasteiger charge is -2.26. The van der Waals surface area contributed by atoms with Gasteiger partial charge in [0.25, 0.3) is 0 Å². The van der Waals surface area contributed by atoms with Crippen LogP contribution in [0.25, 0.3) is 0 Å². The molecule has 0 aliphatic rings.